The van der Waals surface area contributed by atoms with E-state index in [2.05, 4.69) is 23.3 Å². The first-order valence-corrected chi connectivity index (χ1v) is 9.19. The van der Waals surface area contributed by atoms with Crippen molar-refractivity contribution in [2.24, 2.45) is 0 Å². The third-order valence-electron chi connectivity index (χ3n) is 4.14. The third kappa shape index (κ3) is 4.06. The molecule has 132 valence electrons. The van der Waals surface area contributed by atoms with Crippen LogP contribution in [0.3, 0.4) is 0 Å². The molecule has 1 amide bonds. The summed E-state index contributed by atoms with van der Waals surface area (Å²) in [6, 6.07) is 15.1. The number of ketones is 1. The number of rotatable bonds is 5. The maximum Gasteiger partial charge on any atom is 0.229 e. The second kappa shape index (κ2) is 7.62. The zero-order valence-corrected chi connectivity index (χ0v) is 15.8. The molecule has 0 spiro atoms. The van der Waals surface area contributed by atoms with Crippen LogP contribution in [0.25, 0.3) is 10.6 Å². The summed E-state index contributed by atoms with van der Waals surface area (Å²) in [6.45, 7) is 5.49. The Bertz CT molecular complexity index is 976. The lowest BCUT2D eigenvalue weighted by Gasteiger charge is -2.06. The molecule has 0 aliphatic carbocycles. The van der Waals surface area contributed by atoms with Gasteiger partial charge in [0.15, 0.2) is 5.78 Å². The largest absolute Gasteiger partial charge is 0.326 e. The molecule has 1 aromatic heterocycles. The number of amides is 1. The second-order valence-corrected chi connectivity index (χ2v) is 7.29. The van der Waals surface area contributed by atoms with Crippen LogP contribution in [0.15, 0.2) is 48.5 Å². The Hall–Kier alpha value is -2.79. The highest BCUT2D eigenvalue weighted by molar-refractivity contribution is 7.15. The van der Waals surface area contributed by atoms with E-state index in [-0.39, 0.29) is 18.1 Å². The number of hydrogen-bond acceptors (Lipinski definition) is 4. The molecule has 0 saturated carbocycles. The van der Waals surface area contributed by atoms with Gasteiger partial charge in [-0.1, -0.05) is 36.4 Å². The quantitative estimate of drug-likeness (QED) is 0.661. The number of aromatic nitrogens is 1. The maximum absolute atomic E-state index is 12.4. The van der Waals surface area contributed by atoms with Crippen molar-refractivity contribution in [3.05, 3.63) is 70.2 Å². The van der Waals surface area contributed by atoms with Crippen molar-refractivity contribution in [2.45, 2.75) is 27.2 Å². The van der Waals surface area contributed by atoms with Gasteiger partial charge in [0, 0.05) is 21.7 Å². The van der Waals surface area contributed by atoms with E-state index in [0.29, 0.717) is 11.3 Å². The Morgan fingerprint density at radius 2 is 1.85 bits per heavy atom. The smallest absolute Gasteiger partial charge is 0.229 e. The van der Waals surface area contributed by atoms with Gasteiger partial charge in [-0.2, -0.15) is 0 Å². The second-order valence-electron chi connectivity index (χ2n) is 6.20. The fourth-order valence-electron chi connectivity index (χ4n) is 2.69. The minimum atomic E-state index is -0.117. The van der Waals surface area contributed by atoms with E-state index in [4.69, 9.17) is 0 Å². The first-order chi connectivity index (χ1) is 12.4. The van der Waals surface area contributed by atoms with E-state index < -0.39 is 0 Å². The van der Waals surface area contributed by atoms with E-state index in [1.165, 1.54) is 12.5 Å². The molecule has 26 heavy (non-hydrogen) atoms. The number of anilines is 1. The molecule has 0 saturated heterocycles. The molecule has 0 radical (unpaired) electrons. The van der Waals surface area contributed by atoms with Crippen LogP contribution >= 0.6 is 11.3 Å². The number of Topliss-reactive ketones (excluding diaryl/α,β-unsaturated/α-hetero) is 1. The fourth-order valence-corrected chi connectivity index (χ4v) is 3.84. The molecule has 3 rings (SSSR count). The summed E-state index contributed by atoms with van der Waals surface area (Å²) in [4.78, 5) is 29.5. The molecule has 4 nitrogen and oxygen atoms in total. The van der Waals surface area contributed by atoms with Gasteiger partial charge in [0.25, 0.3) is 0 Å². The molecule has 1 N–H and O–H groups in total. The maximum atomic E-state index is 12.4. The van der Waals surface area contributed by atoms with Crippen LogP contribution in [0.2, 0.25) is 0 Å². The van der Waals surface area contributed by atoms with E-state index >= 15 is 0 Å². The number of nitrogens with one attached hydrogen (secondary N) is 1. The molecule has 0 bridgehead atoms. The average molecular weight is 364 g/mol. The van der Waals surface area contributed by atoms with Crippen molar-refractivity contribution in [1.29, 1.82) is 0 Å². The third-order valence-corrected chi connectivity index (χ3v) is 5.33. The van der Waals surface area contributed by atoms with Gasteiger partial charge < -0.3 is 5.32 Å². The van der Waals surface area contributed by atoms with Crippen LogP contribution in [0, 0.1) is 13.8 Å². The van der Waals surface area contributed by atoms with E-state index in [1.54, 1.807) is 35.6 Å². The Labute approximate surface area is 156 Å². The molecule has 0 unspecified atom stereocenters. The van der Waals surface area contributed by atoms with Gasteiger partial charge in [0.2, 0.25) is 5.91 Å². The molecule has 1 heterocycles. The van der Waals surface area contributed by atoms with Crippen LogP contribution in [-0.2, 0) is 11.2 Å². The van der Waals surface area contributed by atoms with Crippen molar-refractivity contribution >= 4 is 28.7 Å². The van der Waals surface area contributed by atoms with Crippen molar-refractivity contribution in [1.82, 2.24) is 4.98 Å². The SMILES string of the molecule is CC(=O)c1cccc(NC(=O)Cc2sc(-c3ccccc3C)nc2C)c1. The summed E-state index contributed by atoms with van der Waals surface area (Å²) in [5.41, 5.74) is 4.35. The Morgan fingerprint density at radius 3 is 2.58 bits per heavy atom. The number of aryl methyl sites for hydroxylation is 2. The van der Waals surface area contributed by atoms with Crippen molar-refractivity contribution in [3.8, 4) is 10.6 Å². The molecular formula is C21H20N2O2S. The zero-order valence-electron chi connectivity index (χ0n) is 15.0. The van der Waals surface area contributed by atoms with Crippen LogP contribution in [-0.4, -0.2) is 16.7 Å². The summed E-state index contributed by atoms with van der Waals surface area (Å²) in [7, 11) is 0. The summed E-state index contributed by atoms with van der Waals surface area (Å²) in [5.74, 6) is -0.143. The summed E-state index contributed by atoms with van der Waals surface area (Å²) in [5, 5.41) is 3.79. The predicted molar refractivity (Wildman–Crippen MR) is 106 cm³/mol. The fraction of sp³-hybridized carbons (Fsp3) is 0.190. The molecule has 2 aromatic carbocycles. The standard InChI is InChI=1S/C21H20N2O2S/c1-13-7-4-5-10-18(13)21-22-14(2)19(26-21)12-20(25)23-17-9-6-8-16(11-17)15(3)24/h4-11H,12H2,1-3H3,(H,23,25). The molecule has 0 fully saturated rings. The minimum Gasteiger partial charge on any atom is -0.326 e. The Balaban J connectivity index is 1.75. The summed E-state index contributed by atoms with van der Waals surface area (Å²) >= 11 is 1.55. The zero-order chi connectivity index (χ0) is 18.7. The van der Waals surface area contributed by atoms with E-state index in [9.17, 15) is 9.59 Å². The lowest BCUT2D eigenvalue weighted by molar-refractivity contribution is -0.115. The monoisotopic (exact) mass is 364 g/mol. The highest BCUT2D eigenvalue weighted by atomic mass is 32.1. The summed E-state index contributed by atoms with van der Waals surface area (Å²) in [6.07, 6.45) is 0.264. The van der Waals surface area contributed by atoms with Gasteiger partial charge in [0.1, 0.15) is 5.01 Å². The topological polar surface area (TPSA) is 59.1 Å². The van der Waals surface area contributed by atoms with Crippen LogP contribution < -0.4 is 5.32 Å². The van der Waals surface area contributed by atoms with Gasteiger partial charge in [0.05, 0.1) is 12.1 Å². The van der Waals surface area contributed by atoms with Gasteiger partial charge in [-0.05, 0) is 38.5 Å². The van der Waals surface area contributed by atoms with Crippen molar-refractivity contribution < 1.29 is 9.59 Å². The Morgan fingerprint density at radius 1 is 1.08 bits per heavy atom. The summed E-state index contributed by atoms with van der Waals surface area (Å²) < 4.78 is 0. The molecular weight excluding hydrogens is 344 g/mol. The highest BCUT2D eigenvalue weighted by Gasteiger charge is 2.14. The van der Waals surface area contributed by atoms with Crippen LogP contribution in [0.5, 0.6) is 0 Å². The van der Waals surface area contributed by atoms with E-state index in [1.807, 2.05) is 25.1 Å². The first kappa shape index (κ1) is 18.0. The van der Waals surface area contributed by atoms with E-state index in [0.717, 1.165) is 21.1 Å². The number of thiazole rings is 1. The lowest BCUT2D eigenvalue weighted by Crippen LogP contribution is -2.14. The van der Waals surface area contributed by atoms with Crippen LogP contribution in [0.4, 0.5) is 5.69 Å². The molecule has 3 aromatic rings. The number of carbonyl (C=O) groups excluding carboxylic acids is 2. The lowest BCUT2D eigenvalue weighted by atomic mass is 10.1. The van der Waals surface area contributed by atoms with Crippen LogP contribution in [0.1, 0.15) is 33.4 Å². The molecule has 5 heteroatoms. The predicted octanol–water partition coefficient (Wildman–Crippen LogP) is 4.81. The number of benzene rings is 2. The average Bonchev–Trinajstić information content (AvgIpc) is 2.95. The van der Waals surface area contributed by atoms with Gasteiger partial charge in [-0.15, -0.1) is 11.3 Å². The van der Waals surface area contributed by atoms with Gasteiger partial charge in [-0.3, -0.25) is 9.59 Å². The number of nitrogens with zero attached hydrogens (tertiary/aromatic N) is 1. The number of hydrogen-bond donors (Lipinski definition) is 1. The normalized spacial score (nSPS) is 10.6. The van der Waals surface area contributed by atoms with Gasteiger partial charge >= 0.3 is 0 Å². The molecule has 0 aliphatic heterocycles. The highest BCUT2D eigenvalue weighted by Crippen LogP contribution is 2.30. The van der Waals surface area contributed by atoms with Crippen molar-refractivity contribution in [2.75, 3.05) is 5.32 Å². The van der Waals surface area contributed by atoms with Gasteiger partial charge in [-0.25, -0.2) is 4.98 Å². The number of carbonyl (C=O) groups is 2. The Kier molecular flexibility index (Phi) is 5.28. The molecule has 0 atom stereocenters. The first-order valence-electron chi connectivity index (χ1n) is 8.37. The van der Waals surface area contributed by atoms with Crippen molar-refractivity contribution in [3.63, 3.8) is 0 Å². The minimum absolute atomic E-state index is 0.0257. The molecule has 0 aliphatic rings.